The second-order valence-electron chi connectivity index (χ2n) is 6.79. The van der Waals surface area contributed by atoms with Gasteiger partial charge in [0.15, 0.2) is 5.82 Å². The fourth-order valence-electron chi connectivity index (χ4n) is 3.15. The highest BCUT2D eigenvalue weighted by Crippen LogP contribution is 2.32. The predicted molar refractivity (Wildman–Crippen MR) is 99.9 cm³/mol. The maximum atomic E-state index is 12.9. The normalized spacial score (nSPS) is 19.6. The Hall–Kier alpha value is -3.04. The molecule has 0 saturated carbocycles. The minimum Gasteiger partial charge on any atom is -0.389 e. The van der Waals surface area contributed by atoms with E-state index in [4.69, 9.17) is 0 Å². The second kappa shape index (κ2) is 7.41. The summed E-state index contributed by atoms with van der Waals surface area (Å²) < 4.78 is 38.6. The number of β-amino-alcohol motifs (C(OH)–C–C–N with tert-alkyl or cyclic N) is 2. The highest BCUT2D eigenvalue weighted by molar-refractivity contribution is 5.68. The fourth-order valence-corrected chi connectivity index (χ4v) is 3.15. The largest absolute Gasteiger partial charge is 0.416 e. The van der Waals surface area contributed by atoms with E-state index >= 15 is 0 Å². The van der Waals surface area contributed by atoms with Gasteiger partial charge in [-0.3, -0.25) is 4.98 Å². The van der Waals surface area contributed by atoms with E-state index in [-0.39, 0.29) is 13.1 Å². The molecule has 0 bridgehead atoms. The van der Waals surface area contributed by atoms with Gasteiger partial charge in [-0.15, -0.1) is 0 Å². The van der Waals surface area contributed by atoms with Crippen molar-refractivity contribution >= 4 is 5.82 Å². The monoisotopic (exact) mass is 402 g/mol. The molecule has 9 heteroatoms. The molecule has 2 aromatic heterocycles. The Morgan fingerprint density at radius 1 is 0.931 bits per heavy atom. The molecule has 0 aliphatic carbocycles. The average molecular weight is 402 g/mol. The maximum Gasteiger partial charge on any atom is 0.416 e. The number of nitrogens with zero attached hydrogens (tertiary/aromatic N) is 4. The van der Waals surface area contributed by atoms with E-state index in [1.807, 2.05) is 0 Å². The molecule has 2 N–H and O–H groups in total. The predicted octanol–water partition coefficient (Wildman–Crippen LogP) is 2.77. The SMILES string of the molecule is O[C@@H]1CN(c2cc(-c3ccc(C(F)(F)F)cc3)nc(-c3cccnc3)n2)C[C@@H]1O. The van der Waals surface area contributed by atoms with Gasteiger partial charge in [0.2, 0.25) is 0 Å². The van der Waals surface area contributed by atoms with Gasteiger partial charge in [-0.05, 0) is 24.3 Å². The summed E-state index contributed by atoms with van der Waals surface area (Å²) in [6, 6.07) is 9.86. The number of aliphatic hydroxyl groups excluding tert-OH is 2. The summed E-state index contributed by atoms with van der Waals surface area (Å²) in [5, 5.41) is 19.7. The van der Waals surface area contributed by atoms with Crippen LogP contribution in [0.5, 0.6) is 0 Å². The van der Waals surface area contributed by atoms with Crippen LogP contribution in [0.1, 0.15) is 5.56 Å². The van der Waals surface area contributed by atoms with E-state index in [1.165, 1.54) is 12.1 Å². The van der Waals surface area contributed by atoms with Gasteiger partial charge >= 0.3 is 6.18 Å². The second-order valence-corrected chi connectivity index (χ2v) is 6.79. The molecule has 0 spiro atoms. The van der Waals surface area contributed by atoms with Crippen molar-refractivity contribution in [2.75, 3.05) is 18.0 Å². The van der Waals surface area contributed by atoms with Gasteiger partial charge in [-0.25, -0.2) is 9.97 Å². The van der Waals surface area contributed by atoms with Crippen molar-refractivity contribution in [2.24, 2.45) is 0 Å². The third-order valence-electron chi connectivity index (χ3n) is 4.72. The Balaban J connectivity index is 1.78. The third kappa shape index (κ3) is 4.06. The topological polar surface area (TPSA) is 82.4 Å². The van der Waals surface area contributed by atoms with Crippen LogP contribution in [-0.2, 0) is 6.18 Å². The molecule has 3 heterocycles. The zero-order chi connectivity index (χ0) is 20.6. The first-order valence-corrected chi connectivity index (χ1v) is 8.89. The van der Waals surface area contributed by atoms with Crippen molar-refractivity contribution in [3.8, 4) is 22.6 Å². The van der Waals surface area contributed by atoms with Crippen LogP contribution in [0.25, 0.3) is 22.6 Å². The Morgan fingerprint density at radius 2 is 1.62 bits per heavy atom. The van der Waals surface area contributed by atoms with E-state index in [2.05, 4.69) is 15.0 Å². The van der Waals surface area contributed by atoms with Gasteiger partial charge in [0, 0.05) is 42.7 Å². The van der Waals surface area contributed by atoms with Crippen LogP contribution in [0.2, 0.25) is 0 Å². The molecule has 150 valence electrons. The van der Waals surface area contributed by atoms with Crippen molar-refractivity contribution in [2.45, 2.75) is 18.4 Å². The maximum absolute atomic E-state index is 12.9. The van der Waals surface area contributed by atoms with Gasteiger partial charge in [-0.2, -0.15) is 13.2 Å². The number of rotatable bonds is 3. The van der Waals surface area contributed by atoms with Crippen LogP contribution in [0, 0.1) is 0 Å². The fraction of sp³-hybridized carbons (Fsp3) is 0.250. The first-order chi connectivity index (χ1) is 13.8. The van der Waals surface area contributed by atoms with Gasteiger partial charge in [0.25, 0.3) is 0 Å². The lowest BCUT2D eigenvalue weighted by Crippen LogP contribution is -2.22. The molecular formula is C20H17F3N4O2. The number of alkyl halides is 3. The van der Waals surface area contributed by atoms with Gasteiger partial charge < -0.3 is 15.1 Å². The van der Waals surface area contributed by atoms with E-state index in [1.54, 1.807) is 35.5 Å². The van der Waals surface area contributed by atoms with Crippen LogP contribution < -0.4 is 4.90 Å². The number of halogens is 3. The minimum atomic E-state index is -4.42. The lowest BCUT2D eigenvalue weighted by Gasteiger charge is -2.18. The molecule has 6 nitrogen and oxygen atoms in total. The summed E-state index contributed by atoms with van der Waals surface area (Å²) >= 11 is 0. The van der Waals surface area contributed by atoms with Crippen molar-refractivity contribution in [1.29, 1.82) is 0 Å². The molecule has 1 aliphatic rings. The molecule has 0 radical (unpaired) electrons. The quantitative estimate of drug-likeness (QED) is 0.701. The van der Waals surface area contributed by atoms with Crippen LogP contribution in [-0.4, -0.2) is 50.5 Å². The number of pyridine rings is 1. The number of aliphatic hydroxyl groups is 2. The molecule has 29 heavy (non-hydrogen) atoms. The van der Waals surface area contributed by atoms with Gasteiger partial charge in [0.05, 0.1) is 23.5 Å². The smallest absolute Gasteiger partial charge is 0.389 e. The molecule has 1 fully saturated rings. The lowest BCUT2D eigenvalue weighted by molar-refractivity contribution is -0.137. The number of hydrogen-bond donors (Lipinski definition) is 2. The summed E-state index contributed by atoms with van der Waals surface area (Å²) in [5.74, 6) is 0.811. The van der Waals surface area contributed by atoms with E-state index < -0.39 is 23.9 Å². The highest BCUT2D eigenvalue weighted by Gasteiger charge is 2.32. The van der Waals surface area contributed by atoms with Crippen molar-refractivity contribution in [3.05, 3.63) is 60.4 Å². The zero-order valence-corrected chi connectivity index (χ0v) is 15.1. The molecular weight excluding hydrogens is 385 g/mol. The van der Waals surface area contributed by atoms with Crippen LogP contribution in [0.15, 0.2) is 54.9 Å². The molecule has 1 aliphatic heterocycles. The Labute approximate surface area is 164 Å². The molecule has 1 saturated heterocycles. The van der Waals surface area contributed by atoms with Crippen LogP contribution in [0.3, 0.4) is 0 Å². The van der Waals surface area contributed by atoms with Gasteiger partial charge in [-0.1, -0.05) is 12.1 Å². The number of hydrogen-bond acceptors (Lipinski definition) is 6. The van der Waals surface area contributed by atoms with E-state index in [0.29, 0.717) is 28.5 Å². The van der Waals surface area contributed by atoms with Crippen molar-refractivity contribution in [3.63, 3.8) is 0 Å². The molecule has 1 aromatic carbocycles. The Bertz CT molecular complexity index is 987. The molecule has 3 aromatic rings. The first-order valence-electron chi connectivity index (χ1n) is 8.89. The molecule has 0 unspecified atom stereocenters. The number of anilines is 1. The third-order valence-corrected chi connectivity index (χ3v) is 4.72. The molecule has 0 amide bonds. The summed E-state index contributed by atoms with van der Waals surface area (Å²) in [7, 11) is 0. The lowest BCUT2D eigenvalue weighted by atomic mass is 10.1. The summed E-state index contributed by atoms with van der Waals surface area (Å²) in [6.45, 7) is 0.383. The van der Waals surface area contributed by atoms with E-state index in [0.717, 1.165) is 12.1 Å². The first kappa shape index (κ1) is 19.3. The standard InChI is InChI=1S/C20H17F3N4O2/c21-20(22,23)14-5-3-12(4-6-14)15-8-18(27-10-16(28)17(29)11-27)26-19(25-15)13-2-1-7-24-9-13/h1-9,16-17,28-29H,10-11H2/t16-,17+. The number of benzene rings is 1. The summed E-state index contributed by atoms with van der Waals surface area (Å²) in [5.41, 5.74) is 0.821. The average Bonchev–Trinajstić information content (AvgIpc) is 3.06. The Kier molecular flexibility index (Phi) is 4.93. The van der Waals surface area contributed by atoms with Crippen LogP contribution in [0.4, 0.5) is 19.0 Å². The zero-order valence-electron chi connectivity index (χ0n) is 15.1. The highest BCUT2D eigenvalue weighted by atomic mass is 19.4. The molecule has 2 atom stereocenters. The Morgan fingerprint density at radius 3 is 2.21 bits per heavy atom. The minimum absolute atomic E-state index is 0.192. The van der Waals surface area contributed by atoms with E-state index in [9.17, 15) is 23.4 Å². The van der Waals surface area contributed by atoms with Gasteiger partial charge in [0.1, 0.15) is 5.82 Å². The summed E-state index contributed by atoms with van der Waals surface area (Å²) in [4.78, 5) is 14.8. The van der Waals surface area contributed by atoms with Crippen molar-refractivity contribution < 1.29 is 23.4 Å². The number of aromatic nitrogens is 3. The van der Waals surface area contributed by atoms with Crippen LogP contribution >= 0.6 is 0 Å². The summed E-state index contributed by atoms with van der Waals surface area (Å²) in [6.07, 6.45) is -3.03. The van der Waals surface area contributed by atoms with Crippen molar-refractivity contribution in [1.82, 2.24) is 15.0 Å². The molecule has 4 rings (SSSR count).